The molecule has 2 aliphatic heterocycles. The number of rotatable bonds is 4. The van der Waals surface area contributed by atoms with Crippen molar-refractivity contribution in [2.75, 3.05) is 9.62 Å². The lowest BCUT2D eigenvalue weighted by molar-refractivity contribution is 0.596. The Kier molecular flexibility index (Phi) is 5.80. The van der Waals surface area contributed by atoms with E-state index in [9.17, 15) is 0 Å². The topological polar surface area (TPSA) is 24.9 Å². The highest BCUT2D eigenvalue weighted by Gasteiger charge is 2.42. The zero-order valence-corrected chi connectivity index (χ0v) is 24.1. The molecule has 6 heteroatoms. The summed E-state index contributed by atoms with van der Waals surface area (Å²) >= 11 is 0. The third-order valence-electron chi connectivity index (χ3n) is 9.06. The van der Waals surface area contributed by atoms with Gasteiger partial charge in [0.1, 0.15) is 11.5 Å². The van der Waals surface area contributed by atoms with Gasteiger partial charge in [-0.2, -0.15) is 0 Å². The van der Waals surface area contributed by atoms with Crippen LogP contribution in [-0.2, 0) is 6.42 Å². The van der Waals surface area contributed by atoms with Gasteiger partial charge in [-0.25, -0.2) is 0 Å². The highest BCUT2D eigenvalue weighted by atomic mass is 16.5. The van der Waals surface area contributed by atoms with Crippen LogP contribution in [-0.4, -0.2) is 14.1 Å². The zero-order chi connectivity index (χ0) is 29.0. The lowest BCUT2D eigenvalue weighted by Crippen LogP contribution is -2.47. The number of para-hydroxylation sites is 6. The number of benzene rings is 6. The zero-order valence-electron chi connectivity index (χ0n) is 24.1. The normalized spacial score (nSPS) is 15.0. The Hall–Kier alpha value is -5.35. The summed E-state index contributed by atoms with van der Waals surface area (Å²) in [5.74, 6) is 1.84. The van der Waals surface area contributed by atoms with Crippen molar-refractivity contribution < 1.29 is 9.31 Å². The van der Waals surface area contributed by atoms with Crippen molar-refractivity contribution in [1.29, 1.82) is 0 Å². The minimum Gasteiger partial charge on any atom is -0.536 e. The smallest absolute Gasteiger partial charge is 0.524 e. The maximum absolute atomic E-state index is 6.60. The minimum absolute atomic E-state index is 0.161. The third kappa shape index (κ3) is 4.02. The van der Waals surface area contributed by atoms with Gasteiger partial charge in [-0.15, -0.1) is 0 Å². The number of hydrogen-bond acceptors (Lipinski definition) is 4. The van der Waals surface area contributed by atoms with E-state index < -0.39 is 0 Å². The van der Waals surface area contributed by atoms with Gasteiger partial charge in [-0.05, 0) is 94.2 Å². The van der Waals surface area contributed by atoms with Crippen LogP contribution in [0.2, 0.25) is 0 Å². The highest BCUT2D eigenvalue weighted by molar-refractivity contribution is 6.74. The first-order chi connectivity index (χ1) is 21.8. The monoisotopic (exact) mass is 566 g/mol. The highest BCUT2D eigenvalue weighted by Crippen LogP contribution is 2.44. The molecular weight excluding hydrogens is 538 g/mol. The molecule has 0 saturated carbocycles. The number of fused-ring (bicyclic) bond motifs is 5. The molecule has 208 valence electrons. The lowest BCUT2D eigenvalue weighted by atomic mass is 9.65. The number of allylic oxidation sites excluding steroid dienone is 1. The molecule has 0 unspecified atom stereocenters. The summed E-state index contributed by atoms with van der Waals surface area (Å²) in [6.07, 6.45) is 4.27. The lowest BCUT2D eigenvalue weighted by Gasteiger charge is -2.27. The van der Waals surface area contributed by atoms with Crippen LogP contribution in [0, 0.1) is 0 Å². The third-order valence-corrected chi connectivity index (χ3v) is 9.06. The van der Waals surface area contributed by atoms with E-state index >= 15 is 0 Å². The maximum Gasteiger partial charge on any atom is 0.524 e. The first kappa shape index (κ1) is 25.2. The number of anilines is 4. The average molecular weight is 566 g/mol. The van der Waals surface area contributed by atoms with Crippen molar-refractivity contribution in [3.8, 4) is 11.5 Å². The molecule has 2 heterocycles. The van der Waals surface area contributed by atoms with Crippen molar-refractivity contribution in [2.45, 2.75) is 12.8 Å². The van der Waals surface area contributed by atoms with Crippen LogP contribution < -0.4 is 24.4 Å². The van der Waals surface area contributed by atoms with E-state index in [-0.39, 0.29) is 14.1 Å². The van der Waals surface area contributed by atoms with Crippen LogP contribution in [0.4, 0.5) is 22.7 Å². The molecule has 9 rings (SSSR count). The van der Waals surface area contributed by atoms with Gasteiger partial charge in [0, 0.05) is 11.4 Å². The number of aryl methyl sites for hydroxylation is 1. The molecule has 0 atom stereocenters. The molecule has 0 N–H and O–H groups in total. The molecule has 0 amide bonds. The summed E-state index contributed by atoms with van der Waals surface area (Å²) in [7, 11) is -0.391. The molecule has 1 aliphatic carbocycles. The van der Waals surface area contributed by atoms with Crippen molar-refractivity contribution in [3.05, 3.63) is 156 Å². The van der Waals surface area contributed by atoms with E-state index in [4.69, 9.17) is 9.31 Å². The molecule has 44 heavy (non-hydrogen) atoms. The first-order valence-corrected chi connectivity index (χ1v) is 15.3. The molecule has 0 spiro atoms. The van der Waals surface area contributed by atoms with Gasteiger partial charge in [0.05, 0.1) is 11.4 Å². The second-order valence-electron chi connectivity index (χ2n) is 11.6. The Balaban J connectivity index is 1.07. The standard InChI is InChI=1S/C38H28B2N2O2/c1-3-11-31(12-4-1)41-35-15-7-9-17-37(35)43-39(41)29-21-23-33-27(25-29)19-20-28-26-30(22-24-34(28)33)40-42(32-13-5-2-6-14-32)36-16-8-10-18-38(36)44-40/h1-21,23,25-26H,22,24H2. The molecule has 0 saturated heterocycles. The molecule has 4 nitrogen and oxygen atoms in total. The van der Waals surface area contributed by atoms with Crippen LogP contribution in [0.5, 0.6) is 11.5 Å². The van der Waals surface area contributed by atoms with Crippen molar-refractivity contribution >= 4 is 59.2 Å². The molecule has 0 aromatic heterocycles. The van der Waals surface area contributed by atoms with Gasteiger partial charge < -0.3 is 18.9 Å². The first-order valence-electron chi connectivity index (χ1n) is 15.3. The fraction of sp³-hybridized carbons (Fsp3) is 0.0526. The van der Waals surface area contributed by atoms with E-state index in [0.717, 1.165) is 52.6 Å². The van der Waals surface area contributed by atoms with Crippen molar-refractivity contribution in [1.82, 2.24) is 0 Å². The molecule has 6 aromatic carbocycles. The van der Waals surface area contributed by atoms with Crippen LogP contribution in [0.1, 0.15) is 17.5 Å². The molecule has 0 bridgehead atoms. The number of nitrogens with zero attached hydrogens (tertiary/aromatic N) is 2. The molecule has 0 fully saturated rings. The molecule has 0 radical (unpaired) electrons. The second kappa shape index (κ2) is 10.1. The Morgan fingerprint density at radius 2 is 1.11 bits per heavy atom. The summed E-state index contributed by atoms with van der Waals surface area (Å²) in [6, 6.07) is 49.1. The van der Waals surface area contributed by atoms with Gasteiger partial charge in [0.25, 0.3) is 0 Å². The summed E-state index contributed by atoms with van der Waals surface area (Å²) in [4.78, 5) is 4.62. The predicted octanol–water partition coefficient (Wildman–Crippen LogP) is 8.35. The number of hydrogen-bond donors (Lipinski definition) is 0. The van der Waals surface area contributed by atoms with E-state index in [1.54, 1.807) is 0 Å². The summed E-state index contributed by atoms with van der Waals surface area (Å²) < 4.78 is 13.2. The molecule has 6 aromatic rings. The van der Waals surface area contributed by atoms with Crippen LogP contribution >= 0.6 is 0 Å². The van der Waals surface area contributed by atoms with E-state index in [1.807, 2.05) is 12.1 Å². The summed E-state index contributed by atoms with van der Waals surface area (Å²) in [6.45, 7) is 0. The largest absolute Gasteiger partial charge is 0.536 e. The summed E-state index contributed by atoms with van der Waals surface area (Å²) in [5, 5.41) is 2.54. The molecular formula is C38H28B2N2O2. The second-order valence-corrected chi connectivity index (χ2v) is 11.6. The fourth-order valence-corrected chi connectivity index (χ4v) is 7.03. The Bertz CT molecular complexity index is 2070. The van der Waals surface area contributed by atoms with Crippen LogP contribution in [0.3, 0.4) is 0 Å². The van der Waals surface area contributed by atoms with Gasteiger partial charge in [-0.1, -0.05) is 97.1 Å². The summed E-state index contributed by atoms with van der Waals surface area (Å²) in [5.41, 5.74) is 9.57. The Morgan fingerprint density at radius 3 is 1.80 bits per heavy atom. The van der Waals surface area contributed by atoms with Crippen molar-refractivity contribution in [3.63, 3.8) is 0 Å². The van der Waals surface area contributed by atoms with Crippen LogP contribution in [0.15, 0.2) is 145 Å². The van der Waals surface area contributed by atoms with Gasteiger partial charge in [0.15, 0.2) is 0 Å². The van der Waals surface area contributed by atoms with E-state index in [2.05, 4.69) is 143 Å². The quantitative estimate of drug-likeness (QED) is 0.200. The van der Waals surface area contributed by atoms with Gasteiger partial charge in [-0.3, -0.25) is 0 Å². The van der Waals surface area contributed by atoms with E-state index in [1.165, 1.54) is 27.4 Å². The van der Waals surface area contributed by atoms with Gasteiger partial charge >= 0.3 is 14.1 Å². The van der Waals surface area contributed by atoms with Crippen molar-refractivity contribution in [2.24, 2.45) is 0 Å². The average Bonchev–Trinajstić information content (AvgIpc) is 3.68. The Morgan fingerprint density at radius 1 is 0.523 bits per heavy atom. The van der Waals surface area contributed by atoms with Gasteiger partial charge in [0.2, 0.25) is 0 Å². The SMILES string of the molecule is C1=C(B2Oc3ccccc3N2c2ccccc2)CCc2c1ccc1cc(B3Oc4ccccc4N3c3ccccc3)ccc21. The minimum atomic E-state index is -0.230. The molecule has 3 aliphatic rings. The van der Waals surface area contributed by atoms with E-state index in [0.29, 0.717) is 0 Å². The predicted molar refractivity (Wildman–Crippen MR) is 183 cm³/mol. The fourth-order valence-electron chi connectivity index (χ4n) is 7.03. The maximum atomic E-state index is 6.60. The van der Waals surface area contributed by atoms with Crippen LogP contribution in [0.25, 0.3) is 16.8 Å². The Labute approximate surface area is 258 Å².